The number of carbonyl (C=O) groups excluding carboxylic acids is 1. The summed E-state index contributed by atoms with van der Waals surface area (Å²) in [7, 11) is 1.87. The summed E-state index contributed by atoms with van der Waals surface area (Å²) in [5, 5.41) is 8.55. The van der Waals surface area contributed by atoms with Gasteiger partial charge in [-0.15, -0.1) is 0 Å². The molecule has 2 aromatic heterocycles. The lowest BCUT2D eigenvalue weighted by Gasteiger charge is -2.12. The van der Waals surface area contributed by atoms with E-state index in [4.69, 9.17) is 0 Å². The third kappa shape index (κ3) is 3.68. The van der Waals surface area contributed by atoms with E-state index in [1.807, 2.05) is 44.4 Å². The summed E-state index contributed by atoms with van der Waals surface area (Å²) in [5.74, 6) is -0.0853. The Morgan fingerprint density at radius 3 is 2.55 bits per heavy atom. The fraction of sp³-hybridized carbons (Fsp3) is 0.250. The van der Waals surface area contributed by atoms with Crippen LogP contribution in [0.25, 0.3) is 10.9 Å². The van der Waals surface area contributed by atoms with Gasteiger partial charge in [0, 0.05) is 41.9 Å². The lowest BCUT2D eigenvalue weighted by molar-refractivity contribution is 0.0939. The smallest absolute Gasteiger partial charge is 0.251 e. The second-order valence-corrected chi connectivity index (χ2v) is 7.62. The van der Waals surface area contributed by atoms with Crippen molar-refractivity contribution in [1.29, 1.82) is 0 Å². The molecule has 0 spiro atoms. The predicted molar refractivity (Wildman–Crippen MR) is 116 cm³/mol. The Hall–Kier alpha value is -3.34. The highest BCUT2D eigenvalue weighted by Crippen LogP contribution is 2.27. The molecule has 0 bridgehead atoms. The van der Waals surface area contributed by atoms with Gasteiger partial charge < -0.3 is 9.88 Å². The normalized spacial score (nSPS) is 12.3. The van der Waals surface area contributed by atoms with Gasteiger partial charge in [-0.3, -0.25) is 9.48 Å². The lowest BCUT2D eigenvalue weighted by Crippen LogP contribution is -2.27. The molecular weight excluding hydrogens is 360 g/mol. The van der Waals surface area contributed by atoms with Crippen molar-refractivity contribution in [2.75, 3.05) is 0 Å². The van der Waals surface area contributed by atoms with E-state index < -0.39 is 0 Å². The molecule has 0 saturated heterocycles. The van der Waals surface area contributed by atoms with Crippen LogP contribution in [-0.4, -0.2) is 20.3 Å². The van der Waals surface area contributed by atoms with Gasteiger partial charge in [0.05, 0.1) is 11.7 Å². The minimum absolute atomic E-state index is 0.0853. The average Bonchev–Trinajstić information content (AvgIpc) is 3.26. The van der Waals surface area contributed by atoms with Gasteiger partial charge in [0.25, 0.3) is 5.91 Å². The molecule has 0 saturated carbocycles. The number of hydrogen-bond donors (Lipinski definition) is 1. The van der Waals surface area contributed by atoms with E-state index in [0.29, 0.717) is 5.56 Å². The predicted octanol–water partition coefficient (Wildman–Crippen LogP) is 4.53. The van der Waals surface area contributed by atoms with Crippen LogP contribution < -0.4 is 5.32 Å². The first-order chi connectivity index (χ1) is 13.9. The molecule has 29 heavy (non-hydrogen) atoms. The van der Waals surface area contributed by atoms with Crippen LogP contribution in [0.3, 0.4) is 0 Å². The molecule has 0 aliphatic rings. The van der Waals surface area contributed by atoms with Gasteiger partial charge in [-0.05, 0) is 56.2 Å². The maximum atomic E-state index is 12.8. The highest BCUT2D eigenvalue weighted by molar-refractivity contribution is 5.99. The molecule has 1 unspecified atom stereocenters. The number of nitrogens with one attached hydrogen (secondary N) is 1. The van der Waals surface area contributed by atoms with Crippen LogP contribution in [0.4, 0.5) is 0 Å². The van der Waals surface area contributed by atoms with E-state index in [2.05, 4.69) is 59.2 Å². The summed E-state index contributed by atoms with van der Waals surface area (Å²) in [5.41, 5.74) is 6.37. The van der Waals surface area contributed by atoms with Crippen molar-refractivity contribution in [2.24, 2.45) is 7.05 Å². The monoisotopic (exact) mass is 386 g/mol. The van der Waals surface area contributed by atoms with Crippen LogP contribution in [0.2, 0.25) is 0 Å². The molecule has 1 atom stereocenters. The minimum Gasteiger partial charge on any atom is -0.344 e. The van der Waals surface area contributed by atoms with Gasteiger partial charge in [-0.1, -0.05) is 30.3 Å². The Morgan fingerprint density at radius 2 is 1.86 bits per heavy atom. The summed E-state index contributed by atoms with van der Waals surface area (Å²) >= 11 is 0. The van der Waals surface area contributed by atoms with Gasteiger partial charge in [-0.2, -0.15) is 5.10 Å². The Balaban J connectivity index is 1.62. The molecule has 148 valence electrons. The van der Waals surface area contributed by atoms with Crippen LogP contribution in [-0.2, 0) is 13.6 Å². The number of aromatic nitrogens is 3. The maximum Gasteiger partial charge on any atom is 0.251 e. The first-order valence-electron chi connectivity index (χ1n) is 9.88. The summed E-state index contributed by atoms with van der Waals surface area (Å²) in [4.78, 5) is 12.8. The molecular formula is C24H26N4O. The molecule has 5 nitrogen and oxygen atoms in total. The van der Waals surface area contributed by atoms with Gasteiger partial charge in [0.1, 0.15) is 0 Å². The maximum absolute atomic E-state index is 12.8. The number of nitrogens with zero attached hydrogens (tertiary/aromatic N) is 3. The number of aryl methyl sites for hydroxylation is 2. The van der Waals surface area contributed by atoms with Crippen LogP contribution in [0.1, 0.15) is 45.8 Å². The fourth-order valence-electron chi connectivity index (χ4n) is 3.78. The molecule has 0 fully saturated rings. The molecule has 4 rings (SSSR count). The van der Waals surface area contributed by atoms with Gasteiger partial charge in [0.15, 0.2) is 0 Å². The second kappa shape index (κ2) is 7.59. The Labute approximate surface area is 171 Å². The van der Waals surface area contributed by atoms with Crippen molar-refractivity contribution in [2.45, 2.75) is 33.4 Å². The Morgan fingerprint density at radius 1 is 1.10 bits per heavy atom. The van der Waals surface area contributed by atoms with E-state index in [1.54, 1.807) is 4.68 Å². The molecule has 0 aliphatic carbocycles. The highest BCUT2D eigenvalue weighted by Gasteiger charge is 2.17. The molecule has 0 radical (unpaired) electrons. The summed E-state index contributed by atoms with van der Waals surface area (Å²) in [6.45, 7) is 7.03. The van der Waals surface area contributed by atoms with Gasteiger partial charge >= 0.3 is 0 Å². The SMILES string of the molecule is Cc1c(C)n(Cc2ccccc2)c2ccc(C(=O)NC(C)c3ccn(C)n3)cc12. The van der Waals surface area contributed by atoms with E-state index in [1.165, 1.54) is 16.8 Å². The zero-order valence-electron chi connectivity index (χ0n) is 17.3. The molecule has 5 heteroatoms. The molecule has 2 heterocycles. The van der Waals surface area contributed by atoms with Gasteiger partial charge in [-0.25, -0.2) is 0 Å². The van der Waals surface area contributed by atoms with Crippen molar-refractivity contribution in [3.05, 3.63) is 88.9 Å². The van der Waals surface area contributed by atoms with Crippen molar-refractivity contribution in [3.63, 3.8) is 0 Å². The van der Waals surface area contributed by atoms with Crippen LogP contribution in [0.5, 0.6) is 0 Å². The molecule has 2 aromatic carbocycles. The van der Waals surface area contributed by atoms with Crippen molar-refractivity contribution in [3.8, 4) is 0 Å². The quantitative estimate of drug-likeness (QED) is 0.548. The second-order valence-electron chi connectivity index (χ2n) is 7.62. The standard InChI is InChI=1S/C24H26N4O/c1-16-18(3)28(15-19-8-6-5-7-9-19)23-11-10-20(14-21(16)23)24(29)25-17(2)22-12-13-27(4)26-22/h5-14,17H,15H2,1-4H3,(H,25,29). The zero-order chi connectivity index (χ0) is 20.5. The summed E-state index contributed by atoms with van der Waals surface area (Å²) in [6.07, 6.45) is 1.88. The zero-order valence-corrected chi connectivity index (χ0v) is 17.3. The van der Waals surface area contributed by atoms with E-state index >= 15 is 0 Å². The van der Waals surface area contributed by atoms with E-state index in [-0.39, 0.29) is 11.9 Å². The lowest BCUT2D eigenvalue weighted by atomic mass is 10.1. The molecule has 0 aliphatic heterocycles. The molecule has 1 amide bonds. The molecule has 1 N–H and O–H groups in total. The van der Waals surface area contributed by atoms with E-state index in [9.17, 15) is 4.79 Å². The summed E-state index contributed by atoms with van der Waals surface area (Å²) < 4.78 is 4.06. The van der Waals surface area contributed by atoms with Crippen molar-refractivity contribution < 1.29 is 4.79 Å². The Bertz CT molecular complexity index is 1170. The van der Waals surface area contributed by atoms with Crippen LogP contribution in [0.15, 0.2) is 60.8 Å². The minimum atomic E-state index is -0.148. The number of benzene rings is 2. The van der Waals surface area contributed by atoms with Gasteiger partial charge in [0.2, 0.25) is 0 Å². The molecule has 4 aromatic rings. The topological polar surface area (TPSA) is 51.9 Å². The summed E-state index contributed by atoms with van der Waals surface area (Å²) in [6, 6.07) is 18.2. The number of carbonyl (C=O) groups is 1. The number of hydrogen-bond acceptors (Lipinski definition) is 2. The number of amides is 1. The number of rotatable bonds is 5. The van der Waals surface area contributed by atoms with Crippen molar-refractivity contribution >= 4 is 16.8 Å². The third-order valence-electron chi connectivity index (χ3n) is 5.61. The van der Waals surface area contributed by atoms with Crippen molar-refractivity contribution in [1.82, 2.24) is 19.7 Å². The van der Waals surface area contributed by atoms with Crippen LogP contribution >= 0.6 is 0 Å². The first-order valence-corrected chi connectivity index (χ1v) is 9.88. The highest BCUT2D eigenvalue weighted by atomic mass is 16.1. The third-order valence-corrected chi connectivity index (χ3v) is 5.61. The van der Waals surface area contributed by atoms with Crippen LogP contribution in [0, 0.1) is 13.8 Å². The van der Waals surface area contributed by atoms with E-state index in [0.717, 1.165) is 23.1 Å². The Kier molecular flexibility index (Phi) is 4.97. The largest absolute Gasteiger partial charge is 0.344 e. The first kappa shape index (κ1) is 19.0. The average molecular weight is 386 g/mol. The number of fused-ring (bicyclic) bond motifs is 1. The fourth-order valence-corrected chi connectivity index (χ4v) is 3.78.